The van der Waals surface area contributed by atoms with Gasteiger partial charge in [0, 0.05) is 23.3 Å². The second-order valence-electron chi connectivity index (χ2n) is 6.29. The number of aryl methyl sites for hydroxylation is 2. The minimum Gasteiger partial charge on any atom is -0.508 e. The largest absolute Gasteiger partial charge is 0.508 e. The molecule has 2 heterocycles. The first-order valence-corrected chi connectivity index (χ1v) is 9.70. The number of aromatic hydroxyl groups is 1. The number of nitriles is 1. The number of pyridine rings is 1. The number of sulfone groups is 1. The predicted molar refractivity (Wildman–Crippen MR) is 98.3 cm³/mol. The van der Waals surface area contributed by atoms with Crippen molar-refractivity contribution in [3.8, 4) is 11.8 Å². The maximum Gasteiger partial charge on any atom is 0.179 e. The number of nitrogens with one attached hydrogen (secondary N) is 1. The molecule has 0 spiro atoms. The maximum absolute atomic E-state index is 12.3. The van der Waals surface area contributed by atoms with Gasteiger partial charge in [-0.1, -0.05) is 6.07 Å². The van der Waals surface area contributed by atoms with E-state index in [0.29, 0.717) is 44.7 Å². The Balaban J connectivity index is 2.03. The van der Waals surface area contributed by atoms with E-state index in [0.717, 1.165) is 5.56 Å². The van der Waals surface area contributed by atoms with Gasteiger partial charge in [0.15, 0.2) is 9.84 Å². The average Bonchev–Trinajstić information content (AvgIpc) is 2.93. The van der Waals surface area contributed by atoms with Gasteiger partial charge in [-0.2, -0.15) is 5.26 Å². The third-order valence-electron chi connectivity index (χ3n) is 4.66. The van der Waals surface area contributed by atoms with Gasteiger partial charge in [-0.25, -0.2) is 8.42 Å². The lowest BCUT2D eigenvalue weighted by molar-refractivity contribution is 0.475. The van der Waals surface area contributed by atoms with Gasteiger partial charge in [0.05, 0.1) is 27.4 Å². The van der Waals surface area contributed by atoms with Crippen LogP contribution in [0.5, 0.6) is 5.75 Å². The summed E-state index contributed by atoms with van der Waals surface area (Å²) in [4.78, 5) is 4.62. The maximum atomic E-state index is 12.3. The molecule has 0 amide bonds. The van der Waals surface area contributed by atoms with Crippen LogP contribution in [0.3, 0.4) is 0 Å². The van der Waals surface area contributed by atoms with Crippen molar-refractivity contribution in [1.82, 2.24) is 4.98 Å². The Morgan fingerprint density at radius 1 is 1.27 bits per heavy atom. The molecule has 0 saturated heterocycles. The van der Waals surface area contributed by atoms with Crippen molar-refractivity contribution < 1.29 is 13.5 Å². The van der Waals surface area contributed by atoms with Crippen molar-refractivity contribution in [2.24, 2.45) is 0 Å². The summed E-state index contributed by atoms with van der Waals surface area (Å²) in [5.74, 6) is 0.158. The number of rotatable bonds is 2. The first-order chi connectivity index (χ1) is 12.4. The van der Waals surface area contributed by atoms with Crippen LogP contribution in [0.4, 0.5) is 11.4 Å². The molecule has 0 aliphatic carbocycles. The third kappa shape index (κ3) is 2.47. The van der Waals surface area contributed by atoms with Crippen molar-refractivity contribution in [1.29, 1.82) is 5.26 Å². The zero-order valence-corrected chi connectivity index (χ0v) is 14.8. The zero-order chi connectivity index (χ0) is 18.5. The summed E-state index contributed by atoms with van der Waals surface area (Å²) >= 11 is 0. The molecule has 1 aliphatic heterocycles. The van der Waals surface area contributed by atoms with Crippen LogP contribution in [-0.4, -0.2) is 24.3 Å². The molecule has 0 atom stereocenters. The highest BCUT2D eigenvalue weighted by Crippen LogP contribution is 2.38. The van der Waals surface area contributed by atoms with Crippen LogP contribution in [0.2, 0.25) is 0 Å². The first-order valence-electron chi connectivity index (χ1n) is 8.05. The van der Waals surface area contributed by atoms with Crippen molar-refractivity contribution in [3.63, 3.8) is 0 Å². The third-order valence-corrected chi connectivity index (χ3v) is 6.45. The fourth-order valence-electron chi connectivity index (χ4n) is 3.32. The summed E-state index contributed by atoms with van der Waals surface area (Å²) in [6, 6.07) is 10.3. The monoisotopic (exact) mass is 365 g/mol. The minimum absolute atomic E-state index is 0.0584. The molecule has 2 N–H and O–H groups in total. The van der Waals surface area contributed by atoms with Gasteiger partial charge in [0.1, 0.15) is 11.8 Å². The number of phenolic OH excluding ortho intramolecular Hbond substituents is 1. The Hall–Kier alpha value is -3.11. The minimum atomic E-state index is -3.30. The van der Waals surface area contributed by atoms with E-state index in [-0.39, 0.29) is 11.5 Å². The highest BCUT2D eigenvalue weighted by atomic mass is 32.2. The number of phenols is 1. The molecule has 0 unspecified atom stereocenters. The van der Waals surface area contributed by atoms with Gasteiger partial charge in [0.25, 0.3) is 0 Å². The lowest BCUT2D eigenvalue weighted by Gasteiger charge is -2.15. The van der Waals surface area contributed by atoms with Crippen LogP contribution in [0, 0.1) is 18.3 Å². The molecule has 130 valence electrons. The number of hydrogen-bond acceptors (Lipinski definition) is 6. The van der Waals surface area contributed by atoms with E-state index in [1.54, 1.807) is 30.3 Å². The molecular formula is C19H15N3O3S. The molecule has 1 aliphatic rings. The molecule has 7 heteroatoms. The highest BCUT2D eigenvalue weighted by molar-refractivity contribution is 7.91. The van der Waals surface area contributed by atoms with Gasteiger partial charge in [-0.05, 0) is 42.7 Å². The van der Waals surface area contributed by atoms with Gasteiger partial charge in [-0.3, -0.25) is 4.98 Å². The molecule has 0 saturated carbocycles. The summed E-state index contributed by atoms with van der Waals surface area (Å²) < 4.78 is 24.6. The molecule has 2 aromatic carbocycles. The Morgan fingerprint density at radius 2 is 2.08 bits per heavy atom. The molecule has 3 aromatic rings. The summed E-state index contributed by atoms with van der Waals surface area (Å²) in [5.41, 5.74) is 3.68. The summed E-state index contributed by atoms with van der Waals surface area (Å²) in [7, 11) is -3.30. The Kier molecular flexibility index (Phi) is 3.60. The molecule has 26 heavy (non-hydrogen) atoms. The van der Waals surface area contributed by atoms with E-state index in [1.807, 2.05) is 6.92 Å². The predicted octanol–water partition coefficient (Wildman–Crippen LogP) is 3.19. The van der Waals surface area contributed by atoms with E-state index in [9.17, 15) is 18.8 Å². The molecule has 0 radical (unpaired) electrons. The smallest absolute Gasteiger partial charge is 0.179 e. The fourth-order valence-corrected chi connectivity index (χ4v) is 4.86. The molecular weight excluding hydrogens is 350 g/mol. The zero-order valence-electron chi connectivity index (χ0n) is 13.9. The quantitative estimate of drug-likeness (QED) is 0.723. The van der Waals surface area contributed by atoms with Crippen LogP contribution in [0.15, 0.2) is 41.4 Å². The molecule has 4 rings (SSSR count). The highest BCUT2D eigenvalue weighted by Gasteiger charge is 2.29. The van der Waals surface area contributed by atoms with Crippen LogP contribution in [0.25, 0.3) is 10.9 Å². The van der Waals surface area contributed by atoms with Crippen LogP contribution in [-0.2, 0) is 16.3 Å². The van der Waals surface area contributed by atoms with Gasteiger partial charge in [0.2, 0.25) is 0 Å². The number of fused-ring (bicyclic) bond motifs is 3. The van der Waals surface area contributed by atoms with Gasteiger partial charge >= 0.3 is 0 Å². The number of benzene rings is 2. The van der Waals surface area contributed by atoms with Gasteiger partial charge < -0.3 is 10.4 Å². The van der Waals surface area contributed by atoms with E-state index < -0.39 is 9.84 Å². The van der Waals surface area contributed by atoms with Crippen LogP contribution < -0.4 is 5.32 Å². The second-order valence-corrected chi connectivity index (χ2v) is 8.37. The number of hydrogen-bond donors (Lipinski definition) is 2. The first kappa shape index (κ1) is 16.4. The van der Waals surface area contributed by atoms with Gasteiger partial charge in [-0.15, -0.1) is 0 Å². The number of aromatic nitrogens is 1. The summed E-state index contributed by atoms with van der Waals surface area (Å²) in [6.45, 7) is 1.88. The topological polar surface area (TPSA) is 103 Å². The molecule has 6 nitrogen and oxygen atoms in total. The Morgan fingerprint density at radius 3 is 2.85 bits per heavy atom. The standard InChI is InChI=1S/C19H15N3O3S/c1-11-2-3-13(23)8-16(11)22-19-12(9-20)10-21-15-4-5-17-14(18(15)19)6-7-26(17,24)25/h2-5,8,10,23H,6-7H2,1H3,(H,21,22). The Labute approximate surface area is 150 Å². The fraction of sp³-hybridized carbons (Fsp3) is 0.158. The van der Waals surface area contributed by atoms with Crippen LogP contribution in [0.1, 0.15) is 16.7 Å². The lowest BCUT2D eigenvalue weighted by Crippen LogP contribution is -2.01. The average molecular weight is 365 g/mol. The summed E-state index contributed by atoms with van der Waals surface area (Å²) in [5, 5.41) is 23.2. The molecule has 0 bridgehead atoms. The van der Waals surface area contributed by atoms with E-state index in [4.69, 9.17) is 0 Å². The van der Waals surface area contributed by atoms with Crippen molar-refractivity contribution in [2.75, 3.05) is 11.1 Å². The Bertz CT molecular complexity index is 1210. The normalized spacial score (nSPS) is 14.8. The van der Waals surface area contributed by atoms with E-state index in [2.05, 4.69) is 16.4 Å². The second kappa shape index (κ2) is 5.71. The van der Waals surface area contributed by atoms with Crippen molar-refractivity contribution in [3.05, 3.63) is 53.2 Å². The summed E-state index contributed by atoms with van der Waals surface area (Å²) in [6.07, 6.45) is 1.86. The van der Waals surface area contributed by atoms with Crippen molar-refractivity contribution in [2.45, 2.75) is 18.2 Å². The SMILES string of the molecule is Cc1ccc(O)cc1Nc1c(C#N)cnc2ccc3c(c12)CCS3(=O)=O. The number of nitrogens with zero attached hydrogens (tertiary/aromatic N) is 2. The van der Waals surface area contributed by atoms with Crippen molar-refractivity contribution >= 4 is 32.1 Å². The molecule has 1 aromatic heterocycles. The lowest BCUT2D eigenvalue weighted by atomic mass is 10.0. The molecule has 0 fully saturated rings. The van der Waals surface area contributed by atoms with E-state index in [1.165, 1.54) is 6.20 Å². The number of anilines is 2. The van der Waals surface area contributed by atoms with Crippen LogP contribution >= 0.6 is 0 Å². The van der Waals surface area contributed by atoms with E-state index >= 15 is 0 Å².